The number of rotatable bonds is 5. The van der Waals surface area contributed by atoms with Crippen LogP contribution >= 0.6 is 0 Å². The number of nitrogens with zero attached hydrogens (tertiary/aromatic N) is 1. The van der Waals surface area contributed by atoms with E-state index >= 15 is 0 Å². The van der Waals surface area contributed by atoms with E-state index < -0.39 is 11.4 Å². The van der Waals surface area contributed by atoms with Crippen molar-refractivity contribution in [2.75, 3.05) is 13.1 Å². The molecule has 0 aromatic carbocycles. The first-order chi connectivity index (χ1) is 6.96. The normalized spacial score (nSPS) is 13.4. The van der Waals surface area contributed by atoms with Gasteiger partial charge >= 0.3 is 6.03 Å². The van der Waals surface area contributed by atoms with Crippen LogP contribution < -0.4 is 16.4 Å². The van der Waals surface area contributed by atoms with Gasteiger partial charge in [-0.3, -0.25) is 4.79 Å². The molecule has 84 valence electrons. The molecule has 0 rings (SSSR count). The minimum atomic E-state index is -1.01. The predicted octanol–water partition coefficient (Wildman–Crippen LogP) is -0.289. The Kier molecular flexibility index (Phi) is 5.16. The second-order valence-corrected chi connectivity index (χ2v) is 3.34. The molecule has 0 saturated heterocycles. The number of amides is 3. The van der Waals surface area contributed by atoms with Crippen molar-refractivity contribution in [2.45, 2.75) is 20.3 Å². The second-order valence-electron chi connectivity index (χ2n) is 3.34. The molecule has 4 N–H and O–H groups in total. The van der Waals surface area contributed by atoms with Crippen LogP contribution in [-0.2, 0) is 4.79 Å². The minimum Gasteiger partial charge on any atom is -0.353 e. The Bertz CT molecular complexity index is 284. The van der Waals surface area contributed by atoms with Gasteiger partial charge < -0.3 is 16.4 Å². The third-order valence-electron chi connectivity index (χ3n) is 2.16. The highest BCUT2D eigenvalue weighted by molar-refractivity contribution is 5.84. The summed E-state index contributed by atoms with van der Waals surface area (Å²) in [5.74, 6) is -0.334. The van der Waals surface area contributed by atoms with Gasteiger partial charge in [-0.05, 0) is 13.3 Å². The lowest BCUT2D eigenvalue weighted by molar-refractivity contribution is -0.127. The number of hydrogen-bond acceptors (Lipinski definition) is 3. The lowest BCUT2D eigenvalue weighted by atomic mass is 9.88. The van der Waals surface area contributed by atoms with E-state index in [1.54, 1.807) is 13.8 Å². The fourth-order valence-electron chi connectivity index (χ4n) is 0.847. The number of hydrogen-bond donors (Lipinski definition) is 3. The van der Waals surface area contributed by atoms with Gasteiger partial charge in [-0.25, -0.2) is 4.79 Å². The topological polar surface area (TPSA) is 108 Å². The molecule has 0 heterocycles. The van der Waals surface area contributed by atoms with Crippen molar-refractivity contribution in [3.63, 3.8) is 0 Å². The molecule has 15 heavy (non-hydrogen) atoms. The molecule has 0 aromatic rings. The zero-order chi connectivity index (χ0) is 11.9. The maximum Gasteiger partial charge on any atom is 0.312 e. The van der Waals surface area contributed by atoms with E-state index in [0.717, 1.165) is 0 Å². The summed E-state index contributed by atoms with van der Waals surface area (Å²) in [5.41, 5.74) is 3.83. The second kappa shape index (κ2) is 5.86. The molecule has 1 unspecified atom stereocenters. The minimum absolute atomic E-state index is 0.256. The Morgan fingerprint density at radius 2 is 1.93 bits per heavy atom. The van der Waals surface area contributed by atoms with Gasteiger partial charge in [0, 0.05) is 13.1 Å². The van der Waals surface area contributed by atoms with Crippen LogP contribution in [0.1, 0.15) is 20.3 Å². The van der Waals surface area contributed by atoms with Gasteiger partial charge in [0.05, 0.1) is 6.07 Å². The number of carbonyl (C=O) groups is 2. The van der Waals surface area contributed by atoms with Crippen LogP contribution in [-0.4, -0.2) is 25.0 Å². The summed E-state index contributed by atoms with van der Waals surface area (Å²) in [4.78, 5) is 21.8. The monoisotopic (exact) mass is 212 g/mol. The van der Waals surface area contributed by atoms with Gasteiger partial charge in [0.15, 0.2) is 0 Å². The third-order valence-corrected chi connectivity index (χ3v) is 2.16. The van der Waals surface area contributed by atoms with Crippen molar-refractivity contribution >= 4 is 11.9 Å². The Balaban J connectivity index is 3.94. The molecular weight excluding hydrogens is 196 g/mol. The molecule has 0 saturated carbocycles. The Morgan fingerprint density at radius 1 is 1.40 bits per heavy atom. The van der Waals surface area contributed by atoms with Gasteiger partial charge in [0.2, 0.25) is 5.91 Å². The highest BCUT2D eigenvalue weighted by Gasteiger charge is 2.30. The maximum atomic E-state index is 11.5. The zero-order valence-electron chi connectivity index (χ0n) is 8.96. The van der Waals surface area contributed by atoms with Crippen molar-refractivity contribution < 1.29 is 9.59 Å². The van der Waals surface area contributed by atoms with Crippen molar-refractivity contribution in [2.24, 2.45) is 11.1 Å². The molecule has 6 heteroatoms. The maximum absolute atomic E-state index is 11.5. The molecule has 0 aliphatic carbocycles. The molecule has 0 radical (unpaired) electrons. The van der Waals surface area contributed by atoms with Crippen LogP contribution in [0.2, 0.25) is 0 Å². The summed E-state index contributed by atoms with van der Waals surface area (Å²) in [6.45, 7) is 3.86. The fraction of sp³-hybridized carbons (Fsp3) is 0.667. The predicted molar refractivity (Wildman–Crippen MR) is 54.6 cm³/mol. The van der Waals surface area contributed by atoms with E-state index in [1.165, 1.54) is 0 Å². The number of carbonyl (C=O) groups excluding carboxylic acids is 2. The van der Waals surface area contributed by atoms with Gasteiger partial charge in [-0.15, -0.1) is 0 Å². The third kappa shape index (κ3) is 4.31. The number of nitrogens with one attached hydrogen (secondary N) is 2. The quantitative estimate of drug-likeness (QED) is 0.545. The summed E-state index contributed by atoms with van der Waals surface area (Å²) in [6.07, 6.45) is 0.443. The number of nitriles is 1. The van der Waals surface area contributed by atoms with E-state index in [4.69, 9.17) is 11.0 Å². The molecule has 3 amide bonds. The summed E-state index contributed by atoms with van der Waals surface area (Å²) in [5, 5.41) is 13.7. The molecule has 0 bridgehead atoms. The zero-order valence-corrected chi connectivity index (χ0v) is 8.96. The summed E-state index contributed by atoms with van der Waals surface area (Å²) in [6, 6.07) is 1.32. The largest absolute Gasteiger partial charge is 0.353 e. The van der Waals surface area contributed by atoms with Crippen molar-refractivity contribution in [1.82, 2.24) is 10.6 Å². The van der Waals surface area contributed by atoms with Gasteiger partial charge in [0.1, 0.15) is 5.41 Å². The molecule has 0 fully saturated rings. The number of urea groups is 1. The van der Waals surface area contributed by atoms with E-state index in [2.05, 4.69) is 10.6 Å². The van der Waals surface area contributed by atoms with E-state index in [0.29, 0.717) is 6.42 Å². The molecule has 0 spiro atoms. The summed E-state index contributed by atoms with van der Waals surface area (Å²) in [7, 11) is 0. The SMILES string of the molecule is CCC(C)(C#N)C(=O)NCCNC(N)=O. The Labute approximate surface area is 88.8 Å². The number of nitrogens with two attached hydrogens (primary N) is 1. The summed E-state index contributed by atoms with van der Waals surface area (Å²) >= 11 is 0. The van der Waals surface area contributed by atoms with Crippen LogP contribution in [0, 0.1) is 16.7 Å². The van der Waals surface area contributed by atoms with Gasteiger partial charge in [-0.1, -0.05) is 6.92 Å². The summed E-state index contributed by atoms with van der Waals surface area (Å²) < 4.78 is 0. The first kappa shape index (κ1) is 13.2. The first-order valence-corrected chi connectivity index (χ1v) is 4.69. The molecule has 6 nitrogen and oxygen atoms in total. The molecule has 1 atom stereocenters. The van der Waals surface area contributed by atoms with Gasteiger partial charge in [-0.2, -0.15) is 5.26 Å². The standard InChI is InChI=1S/C9H16N4O2/c1-3-9(2,6-10)7(14)12-4-5-13-8(11)15/h3-5H2,1-2H3,(H,12,14)(H3,11,13,15). The highest BCUT2D eigenvalue weighted by Crippen LogP contribution is 2.19. The first-order valence-electron chi connectivity index (χ1n) is 4.69. The molecular formula is C9H16N4O2. The fourth-order valence-corrected chi connectivity index (χ4v) is 0.847. The number of primary amides is 1. The van der Waals surface area contributed by atoms with E-state index in [1.807, 2.05) is 6.07 Å². The molecule has 0 aromatic heterocycles. The lowest BCUT2D eigenvalue weighted by Crippen LogP contribution is -2.42. The van der Waals surface area contributed by atoms with Crippen molar-refractivity contribution in [3.05, 3.63) is 0 Å². The van der Waals surface area contributed by atoms with E-state index in [9.17, 15) is 9.59 Å². The van der Waals surface area contributed by atoms with E-state index in [-0.39, 0.29) is 19.0 Å². The van der Waals surface area contributed by atoms with Crippen molar-refractivity contribution in [3.8, 4) is 6.07 Å². The van der Waals surface area contributed by atoms with Gasteiger partial charge in [0.25, 0.3) is 0 Å². The van der Waals surface area contributed by atoms with Crippen LogP contribution in [0.25, 0.3) is 0 Å². The van der Waals surface area contributed by atoms with Crippen LogP contribution in [0.15, 0.2) is 0 Å². The van der Waals surface area contributed by atoms with Crippen LogP contribution in [0.5, 0.6) is 0 Å². The van der Waals surface area contributed by atoms with Crippen LogP contribution in [0.4, 0.5) is 4.79 Å². The average molecular weight is 212 g/mol. The lowest BCUT2D eigenvalue weighted by Gasteiger charge is -2.18. The molecule has 0 aliphatic heterocycles. The van der Waals surface area contributed by atoms with Crippen molar-refractivity contribution in [1.29, 1.82) is 5.26 Å². The average Bonchev–Trinajstić information content (AvgIpc) is 2.22. The highest BCUT2D eigenvalue weighted by atomic mass is 16.2. The Hall–Kier alpha value is -1.77. The Morgan fingerprint density at radius 3 is 2.33 bits per heavy atom. The smallest absolute Gasteiger partial charge is 0.312 e. The van der Waals surface area contributed by atoms with Crippen LogP contribution in [0.3, 0.4) is 0 Å². The molecule has 0 aliphatic rings.